The summed E-state index contributed by atoms with van der Waals surface area (Å²) in [6.07, 6.45) is 1.56. The van der Waals surface area contributed by atoms with E-state index in [9.17, 15) is 4.57 Å². The van der Waals surface area contributed by atoms with E-state index in [0.717, 1.165) is 19.5 Å². The van der Waals surface area contributed by atoms with E-state index in [4.69, 9.17) is 9.79 Å². The lowest BCUT2D eigenvalue weighted by atomic mass is 9.95. The van der Waals surface area contributed by atoms with Crippen molar-refractivity contribution in [2.75, 3.05) is 12.7 Å². The van der Waals surface area contributed by atoms with Crippen molar-refractivity contribution in [3.05, 3.63) is 35.4 Å². The van der Waals surface area contributed by atoms with Crippen LogP contribution in [0.25, 0.3) is 0 Å². The second-order valence-corrected chi connectivity index (χ2v) is 6.81. The molecule has 0 bridgehead atoms. The first-order valence-corrected chi connectivity index (χ1v) is 8.11. The third kappa shape index (κ3) is 3.66. The highest BCUT2D eigenvalue weighted by molar-refractivity contribution is 7.51. The molecule has 1 aromatic carbocycles. The molecule has 1 aromatic rings. The van der Waals surface area contributed by atoms with Gasteiger partial charge in [-0.05, 0) is 37.4 Å². The molecule has 0 aromatic heterocycles. The van der Waals surface area contributed by atoms with Gasteiger partial charge in [0.15, 0.2) is 0 Å². The maximum absolute atomic E-state index is 10.8. The van der Waals surface area contributed by atoms with Gasteiger partial charge >= 0.3 is 7.60 Å². The number of fused-ring (bicyclic) bond motifs is 1. The zero-order valence-electron chi connectivity index (χ0n) is 10.6. The zero-order chi connectivity index (χ0) is 13.2. The van der Waals surface area contributed by atoms with E-state index in [1.165, 1.54) is 11.1 Å². The molecule has 18 heavy (non-hydrogen) atoms. The Morgan fingerprint density at radius 2 is 2.00 bits per heavy atom. The summed E-state index contributed by atoms with van der Waals surface area (Å²) in [5, 5.41) is 0. The van der Waals surface area contributed by atoms with Crippen LogP contribution in [0.1, 0.15) is 24.5 Å². The Bertz CT molecular complexity index is 457. The van der Waals surface area contributed by atoms with E-state index in [1.54, 1.807) is 0 Å². The van der Waals surface area contributed by atoms with Gasteiger partial charge in [0.1, 0.15) is 0 Å². The Morgan fingerprint density at radius 3 is 2.67 bits per heavy atom. The van der Waals surface area contributed by atoms with Crippen molar-refractivity contribution >= 4 is 7.60 Å². The van der Waals surface area contributed by atoms with Gasteiger partial charge in [0.05, 0.1) is 6.16 Å². The summed E-state index contributed by atoms with van der Waals surface area (Å²) in [5.74, 6) is 0. The van der Waals surface area contributed by atoms with Gasteiger partial charge in [-0.3, -0.25) is 9.46 Å². The van der Waals surface area contributed by atoms with Crippen molar-refractivity contribution in [2.24, 2.45) is 0 Å². The lowest BCUT2D eigenvalue weighted by molar-refractivity contribution is 0.184. The molecule has 5 heteroatoms. The summed E-state index contributed by atoms with van der Waals surface area (Å²) >= 11 is 0. The molecule has 1 aliphatic rings. The molecule has 0 saturated heterocycles. The minimum Gasteiger partial charge on any atom is -0.324 e. The molecule has 2 N–H and O–H groups in total. The molecule has 0 aliphatic carbocycles. The third-order valence-corrected chi connectivity index (χ3v) is 4.42. The number of rotatable bonds is 4. The highest BCUT2D eigenvalue weighted by Crippen LogP contribution is 2.35. The molecule has 1 aliphatic heterocycles. The van der Waals surface area contributed by atoms with Crippen LogP contribution in [-0.2, 0) is 17.5 Å². The largest absolute Gasteiger partial charge is 0.325 e. The standard InChI is InChI=1S/C13H20NO3P/c1-11-9-12-5-2-3-6-13(12)10-14(11)7-4-8-18(15,16)17/h2-3,5-6,11H,4,7-10H2,1H3,(H2,15,16,17). The lowest BCUT2D eigenvalue weighted by Gasteiger charge is -2.34. The molecule has 4 nitrogen and oxygen atoms in total. The molecular weight excluding hydrogens is 249 g/mol. The highest BCUT2D eigenvalue weighted by atomic mass is 31.2. The zero-order valence-corrected chi connectivity index (χ0v) is 11.5. The molecule has 2 rings (SSSR count). The van der Waals surface area contributed by atoms with Gasteiger partial charge in [-0.15, -0.1) is 0 Å². The smallest absolute Gasteiger partial charge is 0.324 e. The van der Waals surface area contributed by atoms with Crippen molar-refractivity contribution in [3.8, 4) is 0 Å². The fourth-order valence-electron chi connectivity index (χ4n) is 2.51. The maximum Gasteiger partial charge on any atom is 0.325 e. The Balaban J connectivity index is 1.93. The quantitative estimate of drug-likeness (QED) is 0.821. The normalized spacial score (nSPS) is 20.7. The van der Waals surface area contributed by atoms with Crippen LogP contribution in [0.4, 0.5) is 0 Å². The van der Waals surface area contributed by atoms with Gasteiger partial charge in [-0.25, -0.2) is 0 Å². The van der Waals surface area contributed by atoms with Gasteiger partial charge in [-0.1, -0.05) is 24.3 Å². The molecule has 0 radical (unpaired) electrons. The van der Waals surface area contributed by atoms with Gasteiger partial charge in [-0.2, -0.15) is 0 Å². The Kier molecular flexibility index (Phi) is 4.23. The number of hydrogen-bond acceptors (Lipinski definition) is 2. The van der Waals surface area contributed by atoms with E-state index >= 15 is 0 Å². The fraction of sp³-hybridized carbons (Fsp3) is 0.538. The first-order valence-electron chi connectivity index (χ1n) is 6.31. The van der Waals surface area contributed by atoms with E-state index in [0.29, 0.717) is 12.5 Å². The first-order chi connectivity index (χ1) is 8.46. The van der Waals surface area contributed by atoms with Crippen molar-refractivity contribution in [1.82, 2.24) is 4.90 Å². The number of nitrogens with zero attached hydrogens (tertiary/aromatic N) is 1. The van der Waals surface area contributed by atoms with Crippen molar-refractivity contribution < 1.29 is 14.4 Å². The van der Waals surface area contributed by atoms with E-state index in [2.05, 4.69) is 30.0 Å². The predicted molar refractivity (Wildman–Crippen MR) is 71.5 cm³/mol. The predicted octanol–water partition coefficient (Wildman–Crippen LogP) is 2.00. The summed E-state index contributed by atoms with van der Waals surface area (Å²) in [4.78, 5) is 20.0. The third-order valence-electron chi connectivity index (χ3n) is 3.53. The Labute approximate surface area is 108 Å². The summed E-state index contributed by atoms with van der Waals surface area (Å²) in [6.45, 7) is 3.81. The van der Waals surface area contributed by atoms with Crippen LogP contribution in [0.5, 0.6) is 0 Å². The Hall–Kier alpha value is -0.670. The second-order valence-electron chi connectivity index (χ2n) is 5.03. The molecule has 0 saturated carbocycles. The van der Waals surface area contributed by atoms with Crippen LogP contribution in [0.15, 0.2) is 24.3 Å². The summed E-state index contributed by atoms with van der Waals surface area (Å²) in [5.41, 5.74) is 2.74. The Morgan fingerprint density at radius 1 is 1.33 bits per heavy atom. The van der Waals surface area contributed by atoms with Gasteiger partial charge in [0.25, 0.3) is 0 Å². The van der Waals surface area contributed by atoms with E-state index in [-0.39, 0.29) is 6.16 Å². The van der Waals surface area contributed by atoms with Crippen molar-refractivity contribution in [3.63, 3.8) is 0 Å². The van der Waals surface area contributed by atoms with E-state index < -0.39 is 7.60 Å². The topological polar surface area (TPSA) is 60.8 Å². The van der Waals surface area contributed by atoms with Crippen LogP contribution in [-0.4, -0.2) is 33.4 Å². The molecule has 0 fully saturated rings. The average molecular weight is 269 g/mol. The van der Waals surface area contributed by atoms with Crippen molar-refractivity contribution in [1.29, 1.82) is 0 Å². The molecule has 0 spiro atoms. The molecule has 1 unspecified atom stereocenters. The summed E-state index contributed by atoms with van der Waals surface area (Å²) < 4.78 is 10.8. The summed E-state index contributed by atoms with van der Waals surface area (Å²) in [6, 6.07) is 8.85. The molecular formula is C13H20NO3P. The second kappa shape index (κ2) is 5.54. The minimum absolute atomic E-state index is 0.0160. The average Bonchev–Trinajstić information content (AvgIpc) is 2.28. The van der Waals surface area contributed by atoms with Gasteiger partial charge in [0.2, 0.25) is 0 Å². The van der Waals surface area contributed by atoms with Crippen LogP contribution in [0.2, 0.25) is 0 Å². The van der Waals surface area contributed by atoms with Crippen LogP contribution < -0.4 is 0 Å². The summed E-state index contributed by atoms with van der Waals surface area (Å²) in [7, 11) is -3.85. The number of benzene rings is 1. The van der Waals surface area contributed by atoms with Gasteiger partial charge < -0.3 is 9.79 Å². The van der Waals surface area contributed by atoms with Crippen molar-refractivity contribution in [2.45, 2.75) is 32.4 Å². The lowest BCUT2D eigenvalue weighted by Crippen LogP contribution is -2.39. The van der Waals surface area contributed by atoms with Crippen LogP contribution in [0, 0.1) is 0 Å². The molecule has 100 valence electrons. The molecule has 1 heterocycles. The maximum atomic E-state index is 10.8. The minimum atomic E-state index is -3.85. The SMILES string of the molecule is CC1Cc2ccccc2CN1CCCP(=O)(O)O. The van der Waals surface area contributed by atoms with Crippen LogP contribution >= 0.6 is 7.60 Å². The monoisotopic (exact) mass is 269 g/mol. The fourth-order valence-corrected chi connectivity index (χ4v) is 3.07. The number of hydrogen-bond donors (Lipinski definition) is 2. The first kappa shape index (κ1) is 13.8. The van der Waals surface area contributed by atoms with Gasteiger partial charge in [0, 0.05) is 12.6 Å². The van der Waals surface area contributed by atoms with E-state index in [1.807, 2.05) is 6.07 Å². The molecule has 1 atom stereocenters. The highest BCUT2D eigenvalue weighted by Gasteiger charge is 2.22. The molecule has 0 amide bonds. The van der Waals surface area contributed by atoms with Crippen LogP contribution in [0.3, 0.4) is 0 Å².